The number of anilines is 1. The number of halogens is 1. The molecule has 1 rings (SSSR count). The van der Waals surface area contributed by atoms with Crippen LogP contribution in [0.2, 0.25) is 0 Å². The summed E-state index contributed by atoms with van der Waals surface area (Å²) in [6.07, 6.45) is 1.55. The molecule has 15 heavy (non-hydrogen) atoms. The van der Waals surface area contributed by atoms with Crippen molar-refractivity contribution in [3.8, 4) is 0 Å². The van der Waals surface area contributed by atoms with Crippen LogP contribution in [-0.2, 0) is 14.3 Å². The molecule has 1 aromatic heterocycles. The van der Waals surface area contributed by atoms with Crippen LogP contribution in [0, 0.1) is 0 Å². The summed E-state index contributed by atoms with van der Waals surface area (Å²) < 4.78 is 5.39. The van der Waals surface area contributed by atoms with Gasteiger partial charge in [-0.25, -0.2) is 9.78 Å². The first kappa shape index (κ1) is 12.1. The molecule has 1 aromatic rings. The number of aliphatic carboxylic acids is 1. The minimum absolute atomic E-state index is 0.302. The van der Waals surface area contributed by atoms with E-state index in [0.29, 0.717) is 5.13 Å². The predicted molar refractivity (Wildman–Crippen MR) is 56.9 cm³/mol. The molecule has 0 bridgehead atoms. The Balaban J connectivity index is 2.27. The molecule has 0 radical (unpaired) electrons. The SMILES string of the molecule is O=C(O)COCC(=O)Nc1ncc(Br)s1. The van der Waals surface area contributed by atoms with Crippen LogP contribution in [0.25, 0.3) is 0 Å². The zero-order valence-corrected chi connectivity index (χ0v) is 9.80. The van der Waals surface area contributed by atoms with Crippen molar-refractivity contribution in [3.63, 3.8) is 0 Å². The van der Waals surface area contributed by atoms with Crippen LogP contribution in [0.1, 0.15) is 0 Å². The molecule has 82 valence electrons. The van der Waals surface area contributed by atoms with Crippen molar-refractivity contribution < 1.29 is 19.4 Å². The van der Waals surface area contributed by atoms with Crippen LogP contribution in [0.4, 0.5) is 5.13 Å². The number of carboxylic acids is 1. The molecule has 0 aliphatic heterocycles. The second-order valence-corrected chi connectivity index (χ2v) is 4.81. The number of ether oxygens (including phenoxy) is 1. The monoisotopic (exact) mass is 294 g/mol. The van der Waals surface area contributed by atoms with Crippen molar-refractivity contribution >= 4 is 44.3 Å². The molecule has 1 heterocycles. The van der Waals surface area contributed by atoms with Crippen molar-refractivity contribution in [2.24, 2.45) is 0 Å². The summed E-state index contributed by atoms with van der Waals surface area (Å²) in [5, 5.41) is 11.1. The van der Waals surface area contributed by atoms with Gasteiger partial charge in [0.15, 0.2) is 5.13 Å². The first-order valence-corrected chi connectivity index (χ1v) is 5.39. The van der Waals surface area contributed by atoms with Gasteiger partial charge in [-0.1, -0.05) is 11.3 Å². The Kier molecular flexibility index (Phi) is 4.66. The Morgan fingerprint density at radius 1 is 1.60 bits per heavy atom. The topological polar surface area (TPSA) is 88.5 Å². The highest BCUT2D eigenvalue weighted by molar-refractivity contribution is 9.11. The van der Waals surface area contributed by atoms with E-state index in [4.69, 9.17) is 5.11 Å². The van der Waals surface area contributed by atoms with Gasteiger partial charge in [-0.3, -0.25) is 10.1 Å². The summed E-state index contributed by atoms with van der Waals surface area (Å²) in [7, 11) is 0. The third-order valence-corrected chi connectivity index (χ3v) is 2.57. The smallest absolute Gasteiger partial charge is 0.329 e. The van der Waals surface area contributed by atoms with Crippen LogP contribution in [-0.4, -0.2) is 35.2 Å². The van der Waals surface area contributed by atoms with Crippen LogP contribution in [0.15, 0.2) is 9.98 Å². The quantitative estimate of drug-likeness (QED) is 0.844. The zero-order chi connectivity index (χ0) is 11.3. The Morgan fingerprint density at radius 2 is 2.33 bits per heavy atom. The first-order chi connectivity index (χ1) is 7.08. The van der Waals surface area contributed by atoms with Crippen molar-refractivity contribution in [2.75, 3.05) is 18.5 Å². The minimum atomic E-state index is -1.11. The van der Waals surface area contributed by atoms with E-state index in [1.165, 1.54) is 11.3 Å². The molecular formula is C7H7BrN2O4S. The van der Waals surface area contributed by atoms with E-state index >= 15 is 0 Å². The van der Waals surface area contributed by atoms with Crippen molar-refractivity contribution in [2.45, 2.75) is 0 Å². The zero-order valence-electron chi connectivity index (χ0n) is 7.40. The molecule has 1 amide bonds. The summed E-state index contributed by atoms with van der Waals surface area (Å²) in [5.41, 5.74) is 0. The Labute approximate surface area is 97.4 Å². The van der Waals surface area contributed by atoms with Gasteiger partial charge in [-0.15, -0.1) is 0 Å². The van der Waals surface area contributed by atoms with Gasteiger partial charge in [-0.05, 0) is 15.9 Å². The van der Waals surface area contributed by atoms with Crippen molar-refractivity contribution in [3.05, 3.63) is 9.98 Å². The van der Waals surface area contributed by atoms with Gasteiger partial charge in [0.2, 0.25) is 0 Å². The molecule has 2 N–H and O–H groups in total. The van der Waals surface area contributed by atoms with E-state index in [2.05, 4.69) is 31.0 Å². The number of aromatic nitrogens is 1. The molecule has 0 aliphatic carbocycles. The van der Waals surface area contributed by atoms with Crippen molar-refractivity contribution in [1.29, 1.82) is 0 Å². The third kappa shape index (κ3) is 4.86. The Hall–Kier alpha value is -0.990. The number of carbonyl (C=O) groups excluding carboxylic acids is 1. The number of nitrogens with one attached hydrogen (secondary N) is 1. The normalized spacial score (nSPS) is 9.93. The number of hydrogen-bond acceptors (Lipinski definition) is 5. The number of hydrogen-bond donors (Lipinski definition) is 2. The maximum absolute atomic E-state index is 11.1. The molecule has 0 unspecified atom stereocenters. The van der Waals surface area contributed by atoms with E-state index < -0.39 is 18.5 Å². The number of rotatable bonds is 5. The van der Waals surface area contributed by atoms with Gasteiger partial charge >= 0.3 is 5.97 Å². The average Bonchev–Trinajstić information content (AvgIpc) is 2.50. The number of carbonyl (C=O) groups is 2. The Morgan fingerprint density at radius 3 is 2.87 bits per heavy atom. The largest absolute Gasteiger partial charge is 0.480 e. The molecule has 0 aromatic carbocycles. The van der Waals surface area contributed by atoms with Gasteiger partial charge in [0, 0.05) is 0 Å². The fourth-order valence-corrected chi connectivity index (χ4v) is 1.82. The summed E-state index contributed by atoms with van der Waals surface area (Å²) in [5.74, 6) is -1.54. The molecular weight excluding hydrogens is 288 g/mol. The number of nitrogens with zero attached hydrogens (tertiary/aromatic N) is 1. The fraction of sp³-hybridized carbons (Fsp3) is 0.286. The molecule has 0 spiro atoms. The second kappa shape index (κ2) is 5.79. The highest BCUT2D eigenvalue weighted by atomic mass is 79.9. The standard InChI is InChI=1S/C7H7BrN2O4S/c8-4-1-9-7(15-4)10-5(11)2-14-3-6(12)13/h1H,2-3H2,(H,12,13)(H,9,10,11). The fourth-order valence-electron chi connectivity index (χ4n) is 0.699. The van der Waals surface area contributed by atoms with Gasteiger partial charge in [0.25, 0.3) is 5.91 Å². The Bertz CT molecular complexity index is 368. The lowest BCUT2D eigenvalue weighted by Gasteiger charge is -2.00. The van der Waals surface area contributed by atoms with Crippen LogP contribution in [0.3, 0.4) is 0 Å². The predicted octanol–water partition coefficient (Wildman–Crippen LogP) is 0.945. The lowest BCUT2D eigenvalue weighted by Crippen LogP contribution is -2.20. The maximum Gasteiger partial charge on any atom is 0.329 e. The van der Waals surface area contributed by atoms with Gasteiger partial charge in [-0.2, -0.15) is 0 Å². The molecule has 6 nitrogen and oxygen atoms in total. The maximum atomic E-state index is 11.1. The molecule has 0 aliphatic rings. The lowest BCUT2D eigenvalue weighted by molar-refractivity contribution is -0.143. The van der Waals surface area contributed by atoms with E-state index in [1.807, 2.05) is 0 Å². The molecule has 0 atom stereocenters. The summed E-state index contributed by atoms with van der Waals surface area (Å²) in [4.78, 5) is 25.1. The molecule has 0 fully saturated rings. The number of thiazole rings is 1. The van der Waals surface area contributed by atoms with E-state index in [1.54, 1.807) is 6.20 Å². The van der Waals surface area contributed by atoms with E-state index in [9.17, 15) is 9.59 Å². The highest BCUT2D eigenvalue weighted by Gasteiger charge is 2.06. The number of amides is 1. The summed E-state index contributed by atoms with van der Waals surface area (Å²) in [6, 6.07) is 0. The molecule has 8 heteroatoms. The first-order valence-electron chi connectivity index (χ1n) is 3.78. The lowest BCUT2D eigenvalue weighted by atomic mass is 10.6. The molecule has 0 saturated heterocycles. The summed E-state index contributed by atoms with van der Waals surface area (Å²) >= 11 is 4.45. The van der Waals surface area contributed by atoms with Crippen LogP contribution >= 0.6 is 27.3 Å². The van der Waals surface area contributed by atoms with Gasteiger partial charge in [0.05, 0.1) is 9.98 Å². The summed E-state index contributed by atoms with van der Waals surface area (Å²) in [6.45, 7) is -0.793. The second-order valence-electron chi connectivity index (χ2n) is 2.40. The number of carboxylic acid groups (broad SMARTS) is 1. The average molecular weight is 295 g/mol. The van der Waals surface area contributed by atoms with E-state index in [-0.39, 0.29) is 6.61 Å². The van der Waals surface area contributed by atoms with E-state index in [0.717, 1.165) is 3.79 Å². The van der Waals surface area contributed by atoms with Crippen LogP contribution < -0.4 is 5.32 Å². The van der Waals surface area contributed by atoms with Gasteiger partial charge < -0.3 is 9.84 Å². The third-order valence-electron chi connectivity index (χ3n) is 1.18. The van der Waals surface area contributed by atoms with Crippen molar-refractivity contribution in [1.82, 2.24) is 4.98 Å². The van der Waals surface area contributed by atoms with Gasteiger partial charge in [0.1, 0.15) is 13.2 Å². The molecule has 0 saturated carbocycles. The van der Waals surface area contributed by atoms with Crippen LogP contribution in [0.5, 0.6) is 0 Å². The minimum Gasteiger partial charge on any atom is -0.480 e. The highest BCUT2D eigenvalue weighted by Crippen LogP contribution is 2.22.